The predicted octanol–water partition coefficient (Wildman–Crippen LogP) is 3.65. The standard InChI is InChI=1S/C24H26I6N2O8/c25-13-9-15(27)23(31(17(37)11-35)1-5-39-7-3-33)21(29)19(13)20-14(26)10-16(28)24(22(20)30)32(18(38)12-36)2-6-40-8-4-34/h9-10,33-36H,1-8,11-12H2. The summed E-state index contributed by atoms with van der Waals surface area (Å²) in [5, 5.41) is 37.5. The van der Waals surface area contributed by atoms with Crippen molar-refractivity contribution in [2.45, 2.75) is 0 Å². The third-order valence-electron chi connectivity index (χ3n) is 5.34. The number of anilines is 2. The fraction of sp³-hybridized carbons (Fsp3) is 0.417. The van der Waals surface area contributed by atoms with Gasteiger partial charge in [-0.2, -0.15) is 0 Å². The number of nitrogens with zero attached hydrogens (tertiary/aromatic N) is 2. The Bertz CT molecular complexity index is 1110. The Morgan fingerprint density at radius 3 is 1.25 bits per heavy atom. The average Bonchev–Trinajstić information content (AvgIpc) is 2.91. The third-order valence-corrected chi connectivity index (χ3v) is 10.8. The second-order valence-electron chi connectivity index (χ2n) is 7.83. The molecule has 0 aliphatic carbocycles. The zero-order valence-corrected chi connectivity index (χ0v) is 33.8. The van der Waals surface area contributed by atoms with Crippen molar-refractivity contribution >= 4 is 159 Å². The number of amides is 2. The van der Waals surface area contributed by atoms with Crippen LogP contribution in [0.3, 0.4) is 0 Å². The van der Waals surface area contributed by atoms with Crippen molar-refractivity contribution in [1.82, 2.24) is 0 Å². The van der Waals surface area contributed by atoms with Gasteiger partial charge in [-0.3, -0.25) is 9.59 Å². The minimum atomic E-state index is -0.674. The van der Waals surface area contributed by atoms with Crippen LogP contribution in [-0.4, -0.2) is 98.2 Å². The summed E-state index contributed by atoms with van der Waals surface area (Å²) in [6.45, 7) is -0.600. The molecule has 0 saturated heterocycles. The van der Waals surface area contributed by atoms with Gasteiger partial charge < -0.3 is 39.7 Å². The van der Waals surface area contributed by atoms with E-state index >= 15 is 0 Å². The summed E-state index contributed by atoms with van der Waals surface area (Å²) < 4.78 is 15.9. The first-order chi connectivity index (χ1) is 19.0. The minimum absolute atomic E-state index is 0.133. The van der Waals surface area contributed by atoms with Crippen LogP contribution in [0.25, 0.3) is 11.1 Å². The monoisotopic (exact) mass is 1230 g/mol. The first-order valence-corrected chi connectivity index (χ1v) is 18.1. The number of hydrogen-bond donors (Lipinski definition) is 4. The lowest BCUT2D eigenvalue weighted by molar-refractivity contribution is -0.122. The maximum absolute atomic E-state index is 12.9. The number of benzene rings is 2. The quantitative estimate of drug-likeness (QED) is 0.157. The van der Waals surface area contributed by atoms with Crippen molar-refractivity contribution in [1.29, 1.82) is 0 Å². The van der Waals surface area contributed by atoms with E-state index in [1.54, 1.807) is 0 Å². The highest BCUT2D eigenvalue weighted by Crippen LogP contribution is 2.46. The van der Waals surface area contributed by atoms with Gasteiger partial charge >= 0.3 is 0 Å². The molecule has 2 rings (SSSR count). The molecule has 0 bridgehead atoms. The Hall–Kier alpha value is 1.52. The fourth-order valence-corrected chi connectivity index (χ4v) is 12.6. The second kappa shape index (κ2) is 19.1. The molecular weight excluding hydrogens is 1210 g/mol. The number of carbonyl (C=O) groups is 2. The van der Waals surface area contributed by atoms with Crippen LogP contribution in [0, 0.1) is 21.4 Å². The molecule has 0 saturated carbocycles. The van der Waals surface area contributed by atoms with Crippen molar-refractivity contribution in [3.05, 3.63) is 33.6 Å². The van der Waals surface area contributed by atoms with Crippen molar-refractivity contribution in [2.75, 3.05) is 75.7 Å². The van der Waals surface area contributed by atoms with Crippen LogP contribution in [0.15, 0.2) is 12.1 Å². The van der Waals surface area contributed by atoms with Gasteiger partial charge in [0.25, 0.3) is 11.8 Å². The number of hydrogen-bond acceptors (Lipinski definition) is 8. The van der Waals surface area contributed by atoms with Gasteiger partial charge in [0.2, 0.25) is 0 Å². The molecule has 0 spiro atoms. The topological polar surface area (TPSA) is 140 Å². The molecule has 40 heavy (non-hydrogen) atoms. The van der Waals surface area contributed by atoms with Crippen molar-refractivity contribution < 1.29 is 39.5 Å². The summed E-state index contributed by atoms with van der Waals surface area (Å²) in [6.07, 6.45) is 0. The van der Waals surface area contributed by atoms with E-state index in [4.69, 9.17) is 19.7 Å². The van der Waals surface area contributed by atoms with Crippen LogP contribution in [0.5, 0.6) is 0 Å². The molecule has 16 heteroatoms. The van der Waals surface area contributed by atoms with E-state index in [9.17, 15) is 19.8 Å². The van der Waals surface area contributed by atoms with Gasteiger partial charge in [0.15, 0.2) is 0 Å². The van der Waals surface area contributed by atoms with Gasteiger partial charge in [-0.1, -0.05) is 0 Å². The van der Waals surface area contributed by atoms with Gasteiger partial charge in [0.1, 0.15) is 13.2 Å². The second-order valence-corrected chi connectivity index (χ2v) is 14.6. The molecule has 0 fully saturated rings. The van der Waals surface area contributed by atoms with E-state index in [0.717, 1.165) is 32.5 Å². The summed E-state index contributed by atoms with van der Waals surface area (Å²) in [4.78, 5) is 28.7. The first kappa shape index (κ1) is 37.7. The molecular formula is C24H26I6N2O8. The predicted molar refractivity (Wildman–Crippen MR) is 203 cm³/mol. The minimum Gasteiger partial charge on any atom is -0.394 e. The number of carbonyl (C=O) groups excluding carboxylic acids is 2. The lowest BCUT2D eigenvalue weighted by Gasteiger charge is -2.29. The highest BCUT2D eigenvalue weighted by atomic mass is 127. The Labute approximate surface area is 314 Å². The molecule has 0 aliphatic rings. The third kappa shape index (κ3) is 9.76. The Balaban J connectivity index is 2.75. The maximum Gasteiger partial charge on any atom is 0.252 e. The summed E-state index contributed by atoms with van der Waals surface area (Å²) in [5.74, 6) is -0.961. The highest BCUT2D eigenvalue weighted by Gasteiger charge is 2.29. The Morgan fingerprint density at radius 1 is 0.600 bits per heavy atom. The summed E-state index contributed by atoms with van der Waals surface area (Å²) in [6, 6.07) is 3.92. The zero-order valence-electron chi connectivity index (χ0n) is 20.8. The molecule has 10 nitrogen and oxygen atoms in total. The summed E-state index contributed by atoms with van der Waals surface area (Å²) in [5.41, 5.74) is 3.00. The van der Waals surface area contributed by atoms with E-state index in [1.165, 1.54) is 9.80 Å². The molecule has 2 aromatic rings. The van der Waals surface area contributed by atoms with E-state index < -0.39 is 25.0 Å². The molecule has 2 aromatic carbocycles. The van der Waals surface area contributed by atoms with Crippen molar-refractivity contribution in [3.8, 4) is 11.1 Å². The van der Waals surface area contributed by atoms with E-state index in [1.807, 2.05) is 12.1 Å². The first-order valence-electron chi connectivity index (χ1n) is 11.6. The van der Waals surface area contributed by atoms with Crippen LogP contribution in [0.1, 0.15) is 0 Å². The van der Waals surface area contributed by atoms with Gasteiger partial charge in [-0.05, 0) is 148 Å². The molecule has 222 valence electrons. The largest absolute Gasteiger partial charge is 0.394 e. The number of rotatable bonds is 15. The van der Waals surface area contributed by atoms with Gasteiger partial charge in [-0.25, -0.2) is 0 Å². The van der Waals surface area contributed by atoms with Gasteiger partial charge in [0.05, 0.1) is 51.0 Å². The zero-order chi connectivity index (χ0) is 30.0. The Kier molecular flexibility index (Phi) is 18.0. The number of aliphatic hydroxyl groups is 4. The summed E-state index contributed by atoms with van der Waals surface area (Å²) >= 11 is 13.3. The van der Waals surface area contributed by atoms with Crippen LogP contribution < -0.4 is 9.80 Å². The lowest BCUT2D eigenvalue weighted by atomic mass is 10.0. The van der Waals surface area contributed by atoms with Crippen LogP contribution in [-0.2, 0) is 19.1 Å². The van der Waals surface area contributed by atoms with Gasteiger partial charge in [-0.15, -0.1) is 0 Å². The molecule has 0 atom stereocenters. The van der Waals surface area contributed by atoms with Crippen LogP contribution in [0.4, 0.5) is 11.4 Å². The average molecular weight is 1230 g/mol. The van der Waals surface area contributed by atoms with Crippen LogP contribution >= 0.6 is 136 Å². The molecule has 0 aliphatic heterocycles. The smallest absolute Gasteiger partial charge is 0.252 e. The van der Waals surface area contributed by atoms with E-state index in [-0.39, 0.29) is 52.7 Å². The van der Waals surface area contributed by atoms with Crippen LogP contribution in [0.2, 0.25) is 0 Å². The molecule has 0 radical (unpaired) electrons. The van der Waals surface area contributed by atoms with Crippen molar-refractivity contribution in [2.24, 2.45) is 0 Å². The maximum atomic E-state index is 12.9. The van der Waals surface area contributed by atoms with E-state index in [0.29, 0.717) is 11.4 Å². The van der Waals surface area contributed by atoms with Gasteiger partial charge in [0, 0.05) is 45.6 Å². The molecule has 0 unspecified atom stereocenters. The molecule has 2 amide bonds. The number of ether oxygens (including phenoxy) is 2. The lowest BCUT2D eigenvalue weighted by Crippen LogP contribution is -2.38. The summed E-state index contributed by atoms with van der Waals surface area (Å²) in [7, 11) is 0. The fourth-order valence-electron chi connectivity index (χ4n) is 3.65. The highest BCUT2D eigenvalue weighted by molar-refractivity contribution is 14.1. The number of aliphatic hydroxyl groups excluding tert-OH is 4. The SMILES string of the molecule is O=C(CO)N(CCOCCO)c1c(I)cc(I)c(-c2c(I)cc(I)c(N(CCOCCO)C(=O)CO)c2I)c1I. The van der Waals surface area contributed by atoms with E-state index in [2.05, 4.69) is 136 Å². The molecule has 0 aromatic heterocycles. The number of halogens is 6. The molecule has 0 heterocycles. The van der Waals surface area contributed by atoms with Crippen molar-refractivity contribution in [3.63, 3.8) is 0 Å². The Morgan fingerprint density at radius 2 is 0.950 bits per heavy atom. The molecule has 4 N–H and O–H groups in total. The normalized spacial score (nSPS) is 11.2.